The van der Waals surface area contributed by atoms with Gasteiger partial charge in [0, 0.05) is 13.1 Å². The zero-order valence-electron chi connectivity index (χ0n) is 9.62. The van der Waals surface area contributed by atoms with E-state index in [1.165, 1.54) is 0 Å². The molecule has 0 aromatic carbocycles. The summed E-state index contributed by atoms with van der Waals surface area (Å²) in [7, 11) is 3.91. The number of esters is 1. The molecule has 0 rings (SSSR count). The van der Waals surface area contributed by atoms with Gasteiger partial charge in [-0.2, -0.15) is 5.26 Å². The van der Waals surface area contributed by atoms with Crippen molar-refractivity contribution in [1.82, 2.24) is 10.2 Å². The number of nitriles is 1. The van der Waals surface area contributed by atoms with Crippen molar-refractivity contribution in [3.63, 3.8) is 0 Å². The normalized spacial score (nSPS) is 12.2. The Kier molecular flexibility index (Phi) is 7.60. The maximum absolute atomic E-state index is 11.1. The third kappa shape index (κ3) is 7.91. The fraction of sp³-hybridized carbons (Fsp3) is 0.800. The first-order valence-electron chi connectivity index (χ1n) is 5.03. The van der Waals surface area contributed by atoms with Gasteiger partial charge in [0.15, 0.2) is 0 Å². The van der Waals surface area contributed by atoms with Crippen molar-refractivity contribution in [1.29, 1.82) is 5.26 Å². The minimum absolute atomic E-state index is 0.109. The van der Waals surface area contributed by atoms with Gasteiger partial charge in [-0.1, -0.05) is 0 Å². The van der Waals surface area contributed by atoms with E-state index in [0.29, 0.717) is 13.2 Å². The highest BCUT2D eigenvalue weighted by atomic mass is 16.5. The molecule has 0 aliphatic heterocycles. The summed E-state index contributed by atoms with van der Waals surface area (Å²) in [6, 6.07) is 1.58. The summed E-state index contributed by atoms with van der Waals surface area (Å²) in [5, 5.41) is 11.8. The zero-order chi connectivity index (χ0) is 11.7. The molecular weight excluding hydrogens is 194 g/mol. The average Bonchev–Trinajstić information content (AvgIpc) is 2.16. The molecular formula is C10H19N3O2. The summed E-state index contributed by atoms with van der Waals surface area (Å²) in [4.78, 5) is 13.1. The smallest absolute Gasteiger partial charge is 0.308 e. The zero-order valence-corrected chi connectivity index (χ0v) is 9.62. The number of rotatable bonds is 7. The van der Waals surface area contributed by atoms with E-state index in [-0.39, 0.29) is 12.4 Å². The molecule has 0 fully saturated rings. The highest BCUT2D eigenvalue weighted by molar-refractivity contribution is 5.70. The Bertz CT molecular complexity index is 223. The Labute approximate surface area is 91.0 Å². The van der Waals surface area contributed by atoms with Crippen LogP contribution in [-0.2, 0) is 9.53 Å². The first-order chi connectivity index (χ1) is 7.10. The van der Waals surface area contributed by atoms with E-state index in [1.54, 1.807) is 6.92 Å². The summed E-state index contributed by atoms with van der Waals surface area (Å²) < 4.78 is 4.76. The Morgan fingerprint density at radius 2 is 2.27 bits per heavy atom. The highest BCUT2D eigenvalue weighted by Gasteiger charge is 2.12. The molecule has 0 aromatic heterocycles. The molecule has 0 saturated carbocycles. The molecule has 5 heteroatoms. The van der Waals surface area contributed by atoms with Crippen LogP contribution in [0, 0.1) is 11.3 Å². The Balaban J connectivity index is 3.74. The van der Waals surface area contributed by atoms with Crippen molar-refractivity contribution >= 4 is 5.97 Å². The third-order valence-electron chi connectivity index (χ3n) is 1.78. The van der Waals surface area contributed by atoms with E-state index >= 15 is 0 Å². The number of nitrogens with one attached hydrogen (secondary N) is 1. The van der Waals surface area contributed by atoms with Crippen LogP contribution in [0.3, 0.4) is 0 Å². The van der Waals surface area contributed by atoms with Crippen LogP contribution in [0.15, 0.2) is 0 Å². The van der Waals surface area contributed by atoms with Crippen LogP contribution in [0.1, 0.15) is 13.3 Å². The predicted molar refractivity (Wildman–Crippen MR) is 57.2 cm³/mol. The van der Waals surface area contributed by atoms with Gasteiger partial charge in [-0.3, -0.25) is 4.79 Å². The lowest BCUT2D eigenvalue weighted by atomic mass is 10.2. The quantitative estimate of drug-likeness (QED) is 0.602. The summed E-state index contributed by atoms with van der Waals surface area (Å²) in [5.74, 6) is -0.332. The maximum atomic E-state index is 11.1. The van der Waals surface area contributed by atoms with Gasteiger partial charge < -0.3 is 15.0 Å². The standard InChI is InChI=1S/C10H19N3O2/c1-4-15-10(14)7-9(8-11)12-5-6-13(2)3/h9,12H,4-7H2,1-3H3. The number of ether oxygens (including phenoxy) is 1. The molecule has 0 aromatic rings. The van der Waals surface area contributed by atoms with Crippen molar-refractivity contribution in [3.8, 4) is 6.07 Å². The number of carbonyl (C=O) groups excluding carboxylic acids is 1. The van der Waals surface area contributed by atoms with Crippen molar-refractivity contribution in [2.24, 2.45) is 0 Å². The maximum Gasteiger partial charge on any atom is 0.308 e. The van der Waals surface area contributed by atoms with Crippen LogP contribution in [0.2, 0.25) is 0 Å². The van der Waals surface area contributed by atoms with Gasteiger partial charge in [-0.15, -0.1) is 0 Å². The van der Waals surface area contributed by atoms with Gasteiger partial charge in [-0.25, -0.2) is 0 Å². The predicted octanol–water partition coefficient (Wildman–Crippen LogP) is -0.0170. The molecule has 1 atom stereocenters. The second-order valence-electron chi connectivity index (χ2n) is 3.45. The molecule has 0 radical (unpaired) electrons. The van der Waals surface area contributed by atoms with E-state index in [0.717, 1.165) is 6.54 Å². The monoisotopic (exact) mass is 213 g/mol. The number of hydrogen-bond donors (Lipinski definition) is 1. The topological polar surface area (TPSA) is 65.4 Å². The van der Waals surface area contributed by atoms with Gasteiger partial charge in [-0.05, 0) is 21.0 Å². The van der Waals surface area contributed by atoms with Gasteiger partial charge >= 0.3 is 5.97 Å². The Hall–Kier alpha value is -1.12. The van der Waals surface area contributed by atoms with Gasteiger partial charge in [0.25, 0.3) is 0 Å². The van der Waals surface area contributed by atoms with E-state index < -0.39 is 6.04 Å². The molecule has 0 amide bonds. The third-order valence-corrected chi connectivity index (χ3v) is 1.78. The van der Waals surface area contributed by atoms with E-state index in [2.05, 4.69) is 5.32 Å². The molecule has 15 heavy (non-hydrogen) atoms. The lowest BCUT2D eigenvalue weighted by Crippen LogP contribution is -2.35. The Morgan fingerprint density at radius 3 is 2.73 bits per heavy atom. The minimum atomic E-state index is -0.455. The van der Waals surface area contributed by atoms with E-state index in [9.17, 15) is 4.79 Å². The Morgan fingerprint density at radius 1 is 1.60 bits per heavy atom. The lowest BCUT2D eigenvalue weighted by Gasteiger charge is -2.13. The summed E-state index contributed by atoms with van der Waals surface area (Å²) in [6.07, 6.45) is 0.109. The molecule has 0 heterocycles. The molecule has 5 nitrogen and oxygen atoms in total. The molecule has 0 spiro atoms. The van der Waals surface area contributed by atoms with Crippen molar-refractivity contribution < 1.29 is 9.53 Å². The molecule has 0 saturated heterocycles. The number of hydrogen-bond acceptors (Lipinski definition) is 5. The summed E-state index contributed by atoms with van der Waals surface area (Å²) in [6.45, 7) is 3.62. The molecule has 1 N–H and O–H groups in total. The molecule has 0 bridgehead atoms. The van der Waals surface area contributed by atoms with Crippen molar-refractivity contribution in [2.75, 3.05) is 33.8 Å². The van der Waals surface area contributed by atoms with Crippen LogP contribution in [-0.4, -0.2) is 50.7 Å². The first kappa shape index (κ1) is 13.9. The van der Waals surface area contributed by atoms with Crippen molar-refractivity contribution in [3.05, 3.63) is 0 Å². The number of nitrogens with zero attached hydrogens (tertiary/aromatic N) is 2. The summed E-state index contributed by atoms with van der Waals surface area (Å²) in [5.41, 5.74) is 0. The van der Waals surface area contributed by atoms with Crippen LogP contribution >= 0.6 is 0 Å². The van der Waals surface area contributed by atoms with Gasteiger partial charge in [0.1, 0.15) is 6.04 Å². The minimum Gasteiger partial charge on any atom is -0.466 e. The summed E-state index contributed by atoms with van der Waals surface area (Å²) >= 11 is 0. The average molecular weight is 213 g/mol. The van der Waals surface area contributed by atoms with Gasteiger partial charge in [0.2, 0.25) is 0 Å². The van der Waals surface area contributed by atoms with Crippen LogP contribution in [0.5, 0.6) is 0 Å². The highest BCUT2D eigenvalue weighted by Crippen LogP contribution is 1.93. The van der Waals surface area contributed by atoms with Gasteiger partial charge in [0.05, 0.1) is 19.1 Å². The first-order valence-corrected chi connectivity index (χ1v) is 5.03. The van der Waals surface area contributed by atoms with E-state index in [4.69, 9.17) is 10.00 Å². The molecule has 0 aliphatic rings. The fourth-order valence-electron chi connectivity index (χ4n) is 1.01. The van der Waals surface area contributed by atoms with E-state index in [1.807, 2.05) is 25.1 Å². The fourth-order valence-corrected chi connectivity index (χ4v) is 1.01. The SMILES string of the molecule is CCOC(=O)CC(C#N)NCCN(C)C. The van der Waals surface area contributed by atoms with Crippen LogP contribution in [0.25, 0.3) is 0 Å². The van der Waals surface area contributed by atoms with Crippen LogP contribution in [0.4, 0.5) is 0 Å². The largest absolute Gasteiger partial charge is 0.466 e. The van der Waals surface area contributed by atoms with Crippen LogP contribution < -0.4 is 5.32 Å². The molecule has 0 aliphatic carbocycles. The second-order valence-corrected chi connectivity index (χ2v) is 3.45. The number of likely N-dealkylation sites (N-methyl/N-ethyl adjacent to an activating group) is 1. The molecule has 86 valence electrons. The lowest BCUT2D eigenvalue weighted by molar-refractivity contribution is -0.143. The molecule has 1 unspecified atom stereocenters. The number of carbonyl (C=O) groups is 1. The van der Waals surface area contributed by atoms with Crippen molar-refractivity contribution in [2.45, 2.75) is 19.4 Å². The second kappa shape index (κ2) is 8.21.